The van der Waals surface area contributed by atoms with Crippen molar-refractivity contribution >= 4 is 5.97 Å². The van der Waals surface area contributed by atoms with E-state index >= 15 is 0 Å². The van der Waals surface area contributed by atoms with Crippen LogP contribution in [-0.4, -0.2) is 11.6 Å². The molecule has 0 radical (unpaired) electrons. The van der Waals surface area contributed by atoms with Crippen molar-refractivity contribution in [1.82, 2.24) is 0 Å². The predicted octanol–water partition coefficient (Wildman–Crippen LogP) is 15.1. The summed E-state index contributed by atoms with van der Waals surface area (Å²) in [6, 6.07) is 0. The van der Waals surface area contributed by atoms with Gasteiger partial charge in [-0.15, -0.1) is 0 Å². The first-order valence-corrected chi connectivity index (χ1v) is 21.6. The van der Waals surface area contributed by atoms with E-state index in [2.05, 4.69) is 74.5 Å². The summed E-state index contributed by atoms with van der Waals surface area (Å²) in [4.78, 5) is 12.9. The van der Waals surface area contributed by atoms with E-state index in [-0.39, 0.29) is 11.6 Å². The Hall–Kier alpha value is -1.77. The number of carbonyl (C=O) groups excluding carboxylic acids is 1. The minimum Gasteiger partial charge on any atom is -0.487 e. The van der Waals surface area contributed by atoms with E-state index in [1.165, 1.54) is 128 Å². The lowest BCUT2D eigenvalue weighted by molar-refractivity contribution is -0.134. The molecule has 0 aromatic heterocycles. The number of fused-ring (bicyclic) bond motifs is 1. The third-order valence-electron chi connectivity index (χ3n) is 11.7. The van der Waals surface area contributed by atoms with Crippen molar-refractivity contribution < 1.29 is 14.3 Å². The van der Waals surface area contributed by atoms with Gasteiger partial charge in [-0.2, -0.15) is 0 Å². The molecule has 0 amide bonds. The van der Waals surface area contributed by atoms with Crippen molar-refractivity contribution in [2.45, 2.75) is 228 Å². The van der Waals surface area contributed by atoms with E-state index in [9.17, 15) is 4.79 Å². The normalized spacial score (nSPS) is 17.2. The van der Waals surface area contributed by atoms with Gasteiger partial charge >= 0.3 is 5.97 Å². The lowest BCUT2D eigenvalue weighted by Crippen LogP contribution is -2.37. The monoisotopic (exact) mass is 695 g/mol. The maximum absolute atomic E-state index is 12.9. The SMILES string of the molecule is CCCCCCCCC=CCCCCCCCC(=O)Oc1c(C)c(C)c2c(c1C)CC[C@@](C)(CCC[C@H](C)CCC[C@H](C)CCCC(C)C)O2. The fourth-order valence-corrected chi connectivity index (χ4v) is 7.92. The van der Waals surface area contributed by atoms with Crippen LogP contribution in [0.4, 0.5) is 0 Å². The first-order valence-electron chi connectivity index (χ1n) is 21.6. The first-order chi connectivity index (χ1) is 24.0. The molecule has 0 spiro atoms. The number of allylic oxidation sites excluding steroid dienone is 2. The highest BCUT2D eigenvalue weighted by Gasteiger charge is 2.34. The molecule has 0 fully saturated rings. The topological polar surface area (TPSA) is 35.5 Å². The maximum Gasteiger partial charge on any atom is 0.311 e. The van der Waals surface area contributed by atoms with Crippen molar-refractivity contribution in [3.8, 4) is 11.5 Å². The maximum atomic E-state index is 12.9. The van der Waals surface area contributed by atoms with E-state index in [0.717, 1.165) is 78.0 Å². The highest BCUT2D eigenvalue weighted by molar-refractivity contribution is 5.74. The summed E-state index contributed by atoms with van der Waals surface area (Å²) >= 11 is 0. The van der Waals surface area contributed by atoms with Gasteiger partial charge in [0.1, 0.15) is 17.1 Å². The molecule has 0 saturated carbocycles. The smallest absolute Gasteiger partial charge is 0.311 e. The summed E-state index contributed by atoms with van der Waals surface area (Å²) in [6.07, 6.45) is 35.5. The average Bonchev–Trinajstić information content (AvgIpc) is 3.07. The fraction of sp³-hybridized carbons (Fsp3) is 0.809. The van der Waals surface area contributed by atoms with Gasteiger partial charge in [-0.25, -0.2) is 0 Å². The highest BCUT2D eigenvalue weighted by Crippen LogP contribution is 2.45. The van der Waals surface area contributed by atoms with Gasteiger partial charge in [0.15, 0.2) is 0 Å². The Morgan fingerprint density at radius 2 is 1.24 bits per heavy atom. The van der Waals surface area contributed by atoms with Gasteiger partial charge in [0, 0.05) is 12.0 Å². The van der Waals surface area contributed by atoms with Crippen LogP contribution in [0.2, 0.25) is 0 Å². The molecule has 3 nitrogen and oxygen atoms in total. The zero-order valence-electron chi connectivity index (χ0n) is 34.8. The Labute approximate surface area is 311 Å². The van der Waals surface area contributed by atoms with Crippen LogP contribution in [0.15, 0.2) is 12.2 Å². The van der Waals surface area contributed by atoms with Crippen molar-refractivity contribution in [2.75, 3.05) is 0 Å². The summed E-state index contributed by atoms with van der Waals surface area (Å²) < 4.78 is 12.9. The fourth-order valence-electron chi connectivity index (χ4n) is 7.92. The molecule has 0 bridgehead atoms. The van der Waals surface area contributed by atoms with Crippen LogP contribution in [0.5, 0.6) is 11.5 Å². The minimum absolute atomic E-state index is 0.0931. The number of benzene rings is 1. The van der Waals surface area contributed by atoms with E-state index in [1.54, 1.807) is 0 Å². The van der Waals surface area contributed by atoms with Crippen molar-refractivity contribution in [3.05, 3.63) is 34.4 Å². The molecular formula is C47H82O3. The molecule has 288 valence electrons. The zero-order valence-corrected chi connectivity index (χ0v) is 34.8. The summed E-state index contributed by atoms with van der Waals surface area (Å²) in [5.74, 6) is 4.21. The number of hydrogen-bond donors (Lipinski definition) is 0. The van der Waals surface area contributed by atoms with Crippen LogP contribution in [-0.2, 0) is 11.2 Å². The molecule has 1 aromatic carbocycles. The van der Waals surface area contributed by atoms with Crippen LogP contribution in [0.25, 0.3) is 0 Å². The van der Waals surface area contributed by atoms with E-state index in [0.29, 0.717) is 6.42 Å². The Morgan fingerprint density at radius 1 is 0.700 bits per heavy atom. The molecule has 0 saturated heterocycles. The quantitative estimate of drug-likeness (QED) is 0.0379. The summed E-state index contributed by atoms with van der Waals surface area (Å²) in [6.45, 7) is 20.5. The molecule has 1 heterocycles. The lowest BCUT2D eigenvalue weighted by atomic mass is 9.83. The second-order valence-corrected chi connectivity index (χ2v) is 17.2. The van der Waals surface area contributed by atoms with Crippen LogP contribution in [0.1, 0.15) is 218 Å². The summed E-state index contributed by atoms with van der Waals surface area (Å²) in [5.41, 5.74) is 4.40. The predicted molar refractivity (Wildman–Crippen MR) is 218 cm³/mol. The summed E-state index contributed by atoms with van der Waals surface area (Å²) in [5, 5.41) is 0. The van der Waals surface area contributed by atoms with Gasteiger partial charge in [-0.3, -0.25) is 4.79 Å². The van der Waals surface area contributed by atoms with Crippen molar-refractivity contribution in [3.63, 3.8) is 0 Å². The van der Waals surface area contributed by atoms with Crippen LogP contribution in [0.3, 0.4) is 0 Å². The van der Waals surface area contributed by atoms with Gasteiger partial charge in [0.2, 0.25) is 0 Å². The Bertz CT molecular complexity index is 1100. The standard InChI is InChI=1S/C47H82O3/c1-10-11-12-13-14-15-16-17-18-19-20-21-22-23-24-33-44(48)49-45-40(6)41(7)46-43(42(45)8)34-36-47(9,50-46)35-27-32-39(5)31-26-30-38(4)29-25-28-37(2)3/h17-18,37-39H,10-16,19-36H2,1-9H3/t38-,39-,47-/m1/s1. The number of unbranched alkanes of at least 4 members (excludes halogenated alkanes) is 11. The molecule has 50 heavy (non-hydrogen) atoms. The van der Waals surface area contributed by atoms with Crippen LogP contribution in [0, 0.1) is 38.5 Å². The van der Waals surface area contributed by atoms with E-state index in [4.69, 9.17) is 9.47 Å². The van der Waals surface area contributed by atoms with Gasteiger partial charge in [0.05, 0.1) is 0 Å². The molecule has 0 aliphatic carbocycles. The molecule has 2 rings (SSSR count). The van der Waals surface area contributed by atoms with E-state index < -0.39 is 0 Å². The molecule has 1 aliphatic heterocycles. The number of hydrogen-bond acceptors (Lipinski definition) is 3. The molecule has 3 heteroatoms. The number of carbonyl (C=O) groups is 1. The zero-order chi connectivity index (χ0) is 36.8. The Balaban J connectivity index is 1.69. The van der Waals surface area contributed by atoms with Crippen LogP contribution >= 0.6 is 0 Å². The lowest BCUT2D eigenvalue weighted by Gasteiger charge is -2.38. The molecule has 1 aromatic rings. The van der Waals surface area contributed by atoms with Gasteiger partial charge in [0.25, 0.3) is 0 Å². The number of esters is 1. The first kappa shape index (κ1) is 44.4. The molecule has 0 unspecified atom stereocenters. The van der Waals surface area contributed by atoms with E-state index in [1.807, 2.05) is 0 Å². The number of rotatable bonds is 28. The second kappa shape index (κ2) is 25.2. The second-order valence-electron chi connectivity index (χ2n) is 17.2. The third-order valence-corrected chi connectivity index (χ3v) is 11.7. The van der Waals surface area contributed by atoms with Gasteiger partial charge < -0.3 is 9.47 Å². The minimum atomic E-state index is -0.122. The average molecular weight is 695 g/mol. The molecule has 1 aliphatic rings. The summed E-state index contributed by atoms with van der Waals surface area (Å²) in [7, 11) is 0. The molecular weight excluding hydrogens is 613 g/mol. The Morgan fingerprint density at radius 3 is 1.84 bits per heavy atom. The highest BCUT2D eigenvalue weighted by atomic mass is 16.5. The van der Waals surface area contributed by atoms with Gasteiger partial charge in [-0.1, -0.05) is 143 Å². The molecule has 0 N–H and O–H groups in total. The van der Waals surface area contributed by atoms with Crippen molar-refractivity contribution in [2.24, 2.45) is 17.8 Å². The molecule has 3 atom stereocenters. The largest absolute Gasteiger partial charge is 0.487 e. The number of ether oxygens (including phenoxy) is 2. The Kier molecular flexibility index (Phi) is 22.4. The van der Waals surface area contributed by atoms with Crippen LogP contribution < -0.4 is 9.47 Å². The van der Waals surface area contributed by atoms with Gasteiger partial charge in [-0.05, 0) is 120 Å². The van der Waals surface area contributed by atoms with Crippen molar-refractivity contribution in [1.29, 1.82) is 0 Å². The third kappa shape index (κ3) is 17.6.